The fourth-order valence-corrected chi connectivity index (χ4v) is 2.21. The van der Waals surface area contributed by atoms with Crippen molar-refractivity contribution in [3.8, 4) is 0 Å². The van der Waals surface area contributed by atoms with Gasteiger partial charge in [0.2, 0.25) is 0 Å². The lowest BCUT2D eigenvalue weighted by atomic mass is 9.72. The van der Waals surface area contributed by atoms with Crippen LogP contribution in [0.3, 0.4) is 0 Å². The molecule has 1 rings (SSSR count). The normalized spacial score (nSPS) is 32.9. The van der Waals surface area contributed by atoms with E-state index < -0.39 is 6.09 Å². The maximum atomic E-state index is 11.3. The first-order chi connectivity index (χ1) is 6.70. The third kappa shape index (κ3) is 1.95. The van der Waals surface area contributed by atoms with Crippen molar-refractivity contribution in [1.29, 1.82) is 0 Å². The van der Waals surface area contributed by atoms with Gasteiger partial charge in [-0.25, -0.2) is 4.79 Å². The SMILES string of the molecule is C[C@H]1CNC[C@@](C)(C(C)(C)C)N1C(=O)O. The molecule has 4 nitrogen and oxygen atoms in total. The van der Waals surface area contributed by atoms with E-state index in [2.05, 4.69) is 26.1 Å². The van der Waals surface area contributed by atoms with Gasteiger partial charge < -0.3 is 10.4 Å². The van der Waals surface area contributed by atoms with Crippen LogP contribution in [0, 0.1) is 5.41 Å². The molecule has 0 unspecified atom stereocenters. The van der Waals surface area contributed by atoms with Crippen molar-refractivity contribution in [3.63, 3.8) is 0 Å². The minimum Gasteiger partial charge on any atom is -0.465 e. The Kier molecular flexibility index (Phi) is 3.01. The number of piperazine rings is 1. The zero-order chi connectivity index (χ0) is 11.9. The van der Waals surface area contributed by atoms with Crippen molar-refractivity contribution in [1.82, 2.24) is 10.2 Å². The van der Waals surface area contributed by atoms with E-state index in [1.165, 1.54) is 0 Å². The van der Waals surface area contributed by atoms with Gasteiger partial charge in [-0.3, -0.25) is 4.90 Å². The summed E-state index contributed by atoms with van der Waals surface area (Å²) in [6.07, 6.45) is -0.818. The first-order valence-electron chi connectivity index (χ1n) is 5.43. The molecule has 0 radical (unpaired) electrons. The summed E-state index contributed by atoms with van der Waals surface area (Å²) in [4.78, 5) is 12.9. The molecule has 1 fully saturated rings. The van der Waals surface area contributed by atoms with Crippen LogP contribution >= 0.6 is 0 Å². The first-order valence-corrected chi connectivity index (χ1v) is 5.43. The smallest absolute Gasteiger partial charge is 0.408 e. The van der Waals surface area contributed by atoms with Crippen LogP contribution in [-0.4, -0.2) is 40.8 Å². The summed E-state index contributed by atoms with van der Waals surface area (Å²) in [5.41, 5.74) is -0.427. The van der Waals surface area contributed by atoms with Crippen molar-refractivity contribution in [2.45, 2.75) is 46.2 Å². The molecular formula is C11H22N2O2. The van der Waals surface area contributed by atoms with Gasteiger partial charge >= 0.3 is 6.09 Å². The van der Waals surface area contributed by atoms with E-state index in [1.807, 2.05) is 13.8 Å². The van der Waals surface area contributed by atoms with Crippen LogP contribution in [0.25, 0.3) is 0 Å². The van der Waals surface area contributed by atoms with Gasteiger partial charge in [-0.1, -0.05) is 20.8 Å². The molecule has 4 heteroatoms. The number of carboxylic acid groups (broad SMARTS) is 1. The molecule has 0 saturated carbocycles. The van der Waals surface area contributed by atoms with Crippen LogP contribution in [0.15, 0.2) is 0 Å². The summed E-state index contributed by atoms with van der Waals surface area (Å²) >= 11 is 0. The van der Waals surface area contributed by atoms with Crippen molar-refractivity contribution < 1.29 is 9.90 Å². The molecule has 0 aliphatic carbocycles. The Labute approximate surface area is 91.6 Å². The quantitative estimate of drug-likeness (QED) is 0.646. The van der Waals surface area contributed by atoms with Gasteiger partial charge in [0, 0.05) is 19.1 Å². The highest BCUT2D eigenvalue weighted by atomic mass is 16.4. The predicted molar refractivity (Wildman–Crippen MR) is 60.1 cm³/mol. The Balaban J connectivity index is 3.08. The molecule has 88 valence electrons. The van der Waals surface area contributed by atoms with Gasteiger partial charge in [0.05, 0.1) is 5.54 Å². The van der Waals surface area contributed by atoms with Crippen LogP contribution in [0.5, 0.6) is 0 Å². The molecule has 1 aliphatic heterocycles. The van der Waals surface area contributed by atoms with Gasteiger partial charge in [-0.2, -0.15) is 0 Å². The second kappa shape index (κ2) is 3.67. The van der Waals surface area contributed by atoms with E-state index in [4.69, 9.17) is 0 Å². The molecule has 0 bridgehead atoms. The summed E-state index contributed by atoms with van der Waals surface area (Å²) in [6, 6.07) is 0.0282. The number of rotatable bonds is 0. The highest BCUT2D eigenvalue weighted by molar-refractivity contribution is 5.67. The molecule has 0 aromatic carbocycles. The Hall–Kier alpha value is -0.770. The second-order valence-electron chi connectivity index (χ2n) is 5.66. The molecule has 2 N–H and O–H groups in total. The number of hydrogen-bond acceptors (Lipinski definition) is 2. The van der Waals surface area contributed by atoms with Gasteiger partial charge in [0.1, 0.15) is 0 Å². The highest BCUT2D eigenvalue weighted by Crippen LogP contribution is 2.37. The number of nitrogens with zero attached hydrogens (tertiary/aromatic N) is 1. The third-order valence-electron chi connectivity index (χ3n) is 3.70. The van der Waals surface area contributed by atoms with Gasteiger partial charge in [-0.05, 0) is 19.3 Å². The average Bonchev–Trinajstić information content (AvgIpc) is 2.00. The predicted octanol–water partition coefficient (Wildman–Crippen LogP) is 1.76. The summed E-state index contributed by atoms with van der Waals surface area (Å²) in [5, 5.41) is 12.6. The maximum Gasteiger partial charge on any atom is 0.408 e. The van der Waals surface area contributed by atoms with Crippen LogP contribution in [0.2, 0.25) is 0 Å². The van der Waals surface area contributed by atoms with E-state index >= 15 is 0 Å². The van der Waals surface area contributed by atoms with Gasteiger partial charge in [-0.15, -0.1) is 0 Å². The minimum absolute atomic E-state index is 0.0282. The average molecular weight is 214 g/mol. The molecule has 1 saturated heterocycles. The summed E-state index contributed by atoms with van der Waals surface area (Å²) in [6.45, 7) is 11.7. The molecule has 0 aromatic heterocycles. The fraction of sp³-hybridized carbons (Fsp3) is 0.909. The van der Waals surface area contributed by atoms with Gasteiger partial charge in [0.25, 0.3) is 0 Å². The van der Waals surface area contributed by atoms with Crippen LogP contribution in [0.1, 0.15) is 34.6 Å². The van der Waals surface area contributed by atoms with Crippen molar-refractivity contribution in [2.24, 2.45) is 5.41 Å². The number of nitrogens with one attached hydrogen (secondary N) is 1. The molecule has 0 aromatic rings. The summed E-state index contributed by atoms with van der Waals surface area (Å²) in [5.74, 6) is 0. The fourth-order valence-electron chi connectivity index (χ4n) is 2.21. The number of carbonyl (C=O) groups is 1. The Morgan fingerprint density at radius 3 is 2.40 bits per heavy atom. The zero-order valence-corrected chi connectivity index (χ0v) is 10.3. The molecule has 1 heterocycles. The van der Waals surface area contributed by atoms with Gasteiger partial charge in [0.15, 0.2) is 0 Å². The van der Waals surface area contributed by atoms with E-state index in [9.17, 15) is 9.90 Å². The lowest BCUT2D eigenvalue weighted by Crippen LogP contribution is -2.69. The van der Waals surface area contributed by atoms with Crippen LogP contribution < -0.4 is 5.32 Å². The van der Waals surface area contributed by atoms with Crippen LogP contribution in [0.4, 0.5) is 4.79 Å². The first kappa shape index (κ1) is 12.3. The number of amides is 1. The zero-order valence-electron chi connectivity index (χ0n) is 10.3. The lowest BCUT2D eigenvalue weighted by Gasteiger charge is -2.54. The lowest BCUT2D eigenvalue weighted by molar-refractivity contribution is -0.0261. The Bertz CT molecular complexity index is 260. The molecule has 1 amide bonds. The van der Waals surface area contributed by atoms with E-state index in [0.717, 1.165) is 6.54 Å². The monoisotopic (exact) mass is 214 g/mol. The summed E-state index contributed by atoms with van der Waals surface area (Å²) < 4.78 is 0. The summed E-state index contributed by atoms with van der Waals surface area (Å²) in [7, 11) is 0. The topological polar surface area (TPSA) is 52.6 Å². The van der Waals surface area contributed by atoms with Crippen LogP contribution in [-0.2, 0) is 0 Å². The van der Waals surface area contributed by atoms with Crippen molar-refractivity contribution >= 4 is 6.09 Å². The van der Waals surface area contributed by atoms with Crippen molar-refractivity contribution in [3.05, 3.63) is 0 Å². The third-order valence-corrected chi connectivity index (χ3v) is 3.70. The molecule has 15 heavy (non-hydrogen) atoms. The molecule has 2 atom stereocenters. The highest BCUT2D eigenvalue weighted by Gasteiger charge is 2.48. The Morgan fingerprint density at radius 1 is 1.53 bits per heavy atom. The maximum absolute atomic E-state index is 11.3. The Morgan fingerprint density at radius 2 is 2.07 bits per heavy atom. The molecule has 0 spiro atoms. The largest absolute Gasteiger partial charge is 0.465 e. The van der Waals surface area contributed by atoms with Crippen molar-refractivity contribution in [2.75, 3.05) is 13.1 Å². The minimum atomic E-state index is -0.818. The second-order valence-corrected chi connectivity index (χ2v) is 5.66. The van der Waals surface area contributed by atoms with E-state index in [-0.39, 0.29) is 17.0 Å². The number of hydrogen-bond donors (Lipinski definition) is 2. The molecule has 1 aliphatic rings. The standard InChI is InChI=1S/C11H22N2O2/c1-8-6-12-7-11(5,10(2,3)4)13(8)9(14)15/h8,12H,6-7H2,1-5H3,(H,14,15)/t8-,11-/m0/s1. The molecular weight excluding hydrogens is 192 g/mol. The van der Waals surface area contributed by atoms with E-state index in [1.54, 1.807) is 4.90 Å². The van der Waals surface area contributed by atoms with E-state index in [0.29, 0.717) is 6.54 Å².